The van der Waals surface area contributed by atoms with Gasteiger partial charge in [0.25, 0.3) is 0 Å². The van der Waals surface area contributed by atoms with Crippen LogP contribution in [-0.4, -0.2) is 57.2 Å². The van der Waals surface area contributed by atoms with E-state index < -0.39 is 13.9 Å². The van der Waals surface area contributed by atoms with Crippen molar-refractivity contribution < 1.29 is 23.5 Å². The minimum atomic E-state index is -1.88. The van der Waals surface area contributed by atoms with E-state index in [4.69, 9.17) is 13.9 Å². The summed E-state index contributed by atoms with van der Waals surface area (Å²) in [5.41, 5.74) is 0.363. The fourth-order valence-electron chi connectivity index (χ4n) is 3.08. The third-order valence-corrected chi connectivity index (χ3v) is 10.3. The van der Waals surface area contributed by atoms with Gasteiger partial charge in [0.1, 0.15) is 5.60 Å². The monoisotopic (exact) mass is 427 g/mol. The molecule has 0 spiro atoms. The zero-order valence-corrected chi connectivity index (χ0v) is 20.9. The maximum atomic E-state index is 12.7. The van der Waals surface area contributed by atoms with Crippen LogP contribution in [0.1, 0.15) is 60.8 Å². The number of carbonyl (C=O) groups excluding carboxylic acids is 2. The zero-order valence-electron chi connectivity index (χ0n) is 19.9. The van der Waals surface area contributed by atoms with Gasteiger partial charge in [-0.25, -0.2) is 4.79 Å². The third kappa shape index (κ3) is 7.77. The maximum absolute atomic E-state index is 12.7. The highest BCUT2D eigenvalue weighted by atomic mass is 28.4. The molecule has 29 heavy (non-hydrogen) atoms. The van der Waals surface area contributed by atoms with E-state index in [0.717, 1.165) is 5.57 Å². The summed E-state index contributed by atoms with van der Waals surface area (Å²) in [4.78, 5) is 26.5. The van der Waals surface area contributed by atoms with Crippen molar-refractivity contribution in [3.8, 4) is 0 Å². The standard InChI is InChI=1S/C22H41NO5Si/c1-16(15-27-29(9,10)22(5,6)7)13-18-14-17(19(24)26-8)11-12-23(18)20(25)28-21(2,3)4/h17-18H,1,11-15H2,2-10H3. The van der Waals surface area contributed by atoms with E-state index in [1.165, 1.54) is 7.11 Å². The van der Waals surface area contributed by atoms with Gasteiger partial charge >= 0.3 is 12.1 Å². The van der Waals surface area contributed by atoms with E-state index >= 15 is 0 Å². The molecule has 1 heterocycles. The van der Waals surface area contributed by atoms with E-state index in [0.29, 0.717) is 32.4 Å². The minimum Gasteiger partial charge on any atom is -0.469 e. The molecule has 0 saturated carbocycles. The molecule has 2 atom stereocenters. The first kappa shape index (κ1) is 25.7. The largest absolute Gasteiger partial charge is 0.469 e. The maximum Gasteiger partial charge on any atom is 0.410 e. The summed E-state index contributed by atoms with van der Waals surface area (Å²) >= 11 is 0. The van der Waals surface area contributed by atoms with Gasteiger partial charge in [-0.2, -0.15) is 0 Å². The van der Waals surface area contributed by atoms with Crippen molar-refractivity contribution in [3.05, 3.63) is 12.2 Å². The summed E-state index contributed by atoms with van der Waals surface area (Å²) < 4.78 is 16.8. The second-order valence-corrected chi connectivity index (χ2v) is 15.4. The van der Waals surface area contributed by atoms with Gasteiger partial charge in [-0.15, -0.1) is 0 Å². The first-order chi connectivity index (χ1) is 13.1. The van der Waals surface area contributed by atoms with E-state index in [1.54, 1.807) is 4.90 Å². The number of esters is 1. The average molecular weight is 428 g/mol. The molecule has 7 heteroatoms. The number of carbonyl (C=O) groups is 2. The minimum absolute atomic E-state index is 0.122. The van der Waals surface area contributed by atoms with Crippen LogP contribution in [0.25, 0.3) is 0 Å². The van der Waals surface area contributed by atoms with Crippen molar-refractivity contribution >= 4 is 20.4 Å². The molecule has 0 radical (unpaired) electrons. The van der Waals surface area contributed by atoms with Crippen molar-refractivity contribution in [1.82, 2.24) is 4.90 Å². The van der Waals surface area contributed by atoms with Crippen LogP contribution in [0.4, 0.5) is 4.79 Å². The molecule has 1 rings (SSSR count). The Hall–Kier alpha value is -1.34. The van der Waals surface area contributed by atoms with Crippen LogP contribution >= 0.6 is 0 Å². The summed E-state index contributed by atoms with van der Waals surface area (Å²) in [6.07, 6.45) is 1.37. The highest BCUT2D eigenvalue weighted by Crippen LogP contribution is 2.37. The third-order valence-electron chi connectivity index (χ3n) is 5.85. The smallest absolute Gasteiger partial charge is 0.410 e. The van der Waals surface area contributed by atoms with Gasteiger partial charge in [0.15, 0.2) is 8.32 Å². The van der Waals surface area contributed by atoms with E-state index in [-0.39, 0.29) is 29.1 Å². The lowest BCUT2D eigenvalue weighted by Gasteiger charge is -2.40. The predicted octanol–water partition coefficient (Wildman–Crippen LogP) is 5.14. The van der Waals surface area contributed by atoms with Crippen molar-refractivity contribution in [2.45, 2.75) is 90.6 Å². The van der Waals surface area contributed by atoms with Gasteiger partial charge < -0.3 is 18.8 Å². The molecule has 6 nitrogen and oxygen atoms in total. The Morgan fingerprint density at radius 3 is 2.21 bits per heavy atom. The fourth-order valence-corrected chi connectivity index (χ4v) is 4.08. The Balaban J connectivity index is 2.86. The number of piperidine rings is 1. The summed E-state index contributed by atoms with van der Waals surface area (Å²) in [6.45, 7) is 21.7. The predicted molar refractivity (Wildman–Crippen MR) is 118 cm³/mol. The number of likely N-dealkylation sites (tertiary alicyclic amines) is 1. The van der Waals surface area contributed by atoms with Crippen LogP contribution in [-0.2, 0) is 18.7 Å². The van der Waals surface area contributed by atoms with Crippen LogP contribution < -0.4 is 0 Å². The van der Waals surface area contributed by atoms with Gasteiger partial charge in [0.2, 0.25) is 0 Å². The number of ether oxygens (including phenoxy) is 2. The Bertz CT molecular complexity index is 603. The van der Waals surface area contributed by atoms with Gasteiger partial charge in [-0.05, 0) is 58.2 Å². The molecule has 1 saturated heterocycles. The summed E-state index contributed by atoms with van der Waals surface area (Å²) in [7, 11) is -0.475. The van der Waals surface area contributed by atoms with Gasteiger partial charge in [-0.1, -0.05) is 32.9 Å². The molecule has 0 N–H and O–H groups in total. The van der Waals surface area contributed by atoms with Crippen molar-refractivity contribution in [3.63, 3.8) is 0 Å². The molecular weight excluding hydrogens is 386 g/mol. The van der Waals surface area contributed by atoms with Crippen molar-refractivity contribution in [1.29, 1.82) is 0 Å². The summed E-state index contributed by atoms with van der Waals surface area (Å²) in [5.74, 6) is -0.431. The Labute approximate surface area is 178 Å². The fraction of sp³-hybridized carbons (Fsp3) is 0.818. The molecule has 1 fully saturated rings. The first-order valence-corrected chi connectivity index (χ1v) is 13.4. The van der Waals surface area contributed by atoms with E-state index in [1.807, 2.05) is 20.8 Å². The molecule has 1 aliphatic rings. The molecule has 0 bridgehead atoms. The van der Waals surface area contributed by atoms with Crippen molar-refractivity contribution in [2.75, 3.05) is 20.3 Å². The van der Waals surface area contributed by atoms with Gasteiger partial charge in [-0.3, -0.25) is 4.79 Å². The Morgan fingerprint density at radius 1 is 1.14 bits per heavy atom. The number of hydrogen-bond acceptors (Lipinski definition) is 5. The molecule has 0 aromatic heterocycles. The number of nitrogens with zero attached hydrogens (tertiary/aromatic N) is 1. The van der Waals surface area contributed by atoms with Crippen LogP contribution in [0.2, 0.25) is 18.1 Å². The topological polar surface area (TPSA) is 65.1 Å². The van der Waals surface area contributed by atoms with E-state index in [9.17, 15) is 9.59 Å². The van der Waals surface area contributed by atoms with Gasteiger partial charge in [0.05, 0.1) is 19.6 Å². The second kappa shape index (κ2) is 9.64. The molecule has 168 valence electrons. The Kier molecular flexibility index (Phi) is 8.54. The number of methoxy groups -OCH3 is 1. The van der Waals surface area contributed by atoms with Crippen LogP contribution in [0.5, 0.6) is 0 Å². The van der Waals surface area contributed by atoms with E-state index in [2.05, 4.69) is 40.4 Å². The van der Waals surface area contributed by atoms with Gasteiger partial charge in [0, 0.05) is 12.6 Å². The normalized spacial score (nSPS) is 20.9. The molecular formula is C22H41NO5Si. The highest BCUT2D eigenvalue weighted by molar-refractivity contribution is 6.74. The molecule has 0 aliphatic carbocycles. The molecule has 2 unspecified atom stereocenters. The lowest BCUT2D eigenvalue weighted by molar-refractivity contribution is -0.147. The highest BCUT2D eigenvalue weighted by Gasteiger charge is 2.39. The number of rotatable bonds is 6. The number of amides is 1. The lowest BCUT2D eigenvalue weighted by atomic mass is 9.88. The van der Waals surface area contributed by atoms with Crippen LogP contribution in [0, 0.1) is 5.92 Å². The molecule has 0 aromatic rings. The molecule has 0 aromatic carbocycles. The average Bonchev–Trinajstić information content (AvgIpc) is 2.56. The molecule has 1 amide bonds. The molecule has 1 aliphatic heterocycles. The van der Waals surface area contributed by atoms with Crippen molar-refractivity contribution in [2.24, 2.45) is 5.92 Å². The summed E-state index contributed by atoms with van der Waals surface area (Å²) in [6, 6.07) is -0.154. The van der Waals surface area contributed by atoms with Crippen LogP contribution in [0.15, 0.2) is 12.2 Å². The lowest BCUT2D eigenvalue weighted by Crippen LogP contribution is -2.49. The number of hydrogen-bond donors (Lipinski definition) is 0. The Morgan fingerprint density at radius 2 is 1.72 bits per heavy atom. The van der Waals surface area contributed by atoms with Crippen LogP contribution in [0.3, 0.4) is 0 Å². The first-order valence-electron chi connectivity index (χ1n) is 10.5. The quantitative estimate of drug-likeness (QED) is 0.333. The second-order valence-electron chi connectivity index (χ2n) is 10.6. The zero-order chi connectivity index (χ0) is 22.6. The SMILES string of the molecule is C=C(CO[Si](C)(C)C(C)(C)C)CC1CC(C(=O)OC)CCN1C(=O)OC(C)(C)C. The summed E-state index contributed by atoms with van der Waals surface area (Å²) in [5, 5.41) is 0.122.